The first-order chi connectivity index (χ1) is 6.65. The second-order valence-electron chi connectivity index (χ2n) is 2.82. The van der Waals surface area contributed by atoms with Gasteiger partial charge in [0, 0.05) is 17.0 Å². The Labute approximate surface area is 89.2 Å². The molecule has 0 heterocycles. The van der Waals surface area contributed by atoms with Crippen molar-refractivity contribution in [2.75, 3.05) is 5.33 Å². The van der Waals surface area contributed by atoms with E-state index < -0.39 is 10.7 Å². The number of halogens is 2. The van der Waals surface area contributed by atoms with E-state index in [-0.39, 0.29) is 5.69 Å². The molecular formula is C9H9BrFNO2. The van der Waals surface area contributed by atoms with E-state index in [9.17, 15) is 14.5 Å². The van der Waals surface area contributed by atoms with Gasteiger partial charge in [-0.2, -0.15) is 0 Å². The summed E-state index contributed by atoms with van der Waals surface area (Å²) >= 11 is 3.22. The fourth-order valence-electron chi connectivity index (χ4n) is 1.19. The van der Waals surface area contributed by atoms with Gasteiger partial charge in [0.25, 0.3) is 5.69 Å². The van der Waals surface area contributed by atoms with Crippen molar-refractivity contribution < 1.29 is 9.31 Å². The van der Waals surface area contributed by atoms with Gasteiger partial charge in [-0.05, 0) is 25.0 Å². The van der Waals surface area contributed by atoms with Gasteiger partial charge in [-0.25, -0.2) is 4.39 Å². The van der Waals surface area contributed by atoms with E-state index in [0.717, 1.165) is 17.8 Å². The normalized spacial score (nSPS) is 10.1. The molecule has 3 nitrogen and oxygen atoms in total. The zero-order chi connectivity index (χ0) is 10.6. The Bertz CT molecular complexity index is 344. The maximum atomic E-state index is 12.8. The number of nitro groups is 1. The molecular weight excluding hydrogens is 253 g/mol. The Hall–Kier alpha value is -0.970. The Kier molecular flexibility index (Phi) is 4.00. The van der Waals surface area contributed by atoms with Gasteiger partial charge in [0.1, 0.15) is 5.82 Å². The third kappa shape index (κ3) is 2.77. The maximum absolute atomic E-state index is 12.8. The highest BCUT2D eigenvalue weighted by molar-refractivity contribution is 9.09. The van der Waals surface area contributed by atoms with Crippen molar-refractivity contribution >= 4 is 21.6 Å². The van der Waals surface area contributed by atoms with Crippen LogP contribution < -0.4 is 0 Å². The zero-order valence-electron chi connectivity index (χ0n) is 7.37. The molecule has 0 aliphatic carbocycles. The molecule has 0 spiro atoms. The first kappa shape index (κ1) is 11.1. The number of hydrogen-bond acceptors (Lipinski definition) is 2. The number of hydrogen-bond donors (Lipinski definition) is 0. The molecule has 0 saturated heterocycles. The molecule has 14 heavy (non-hydrogen) atoms. The number of benzene rings is 1. The van der Waals surface area contributed by atoms with E-state index in [4.69, 9.17) is 0 Å². The largest absolute Gasteiger partial charge is 0.272 e. The van der Waals surface area contributed by atoms with Crippen molar-refractivity contribution in [3.05, 3.63) is 39.7 Å². The molecule has 1 aromatic rings. The van der Waals surface area contributed by atoms with Crippen LogP contribution in [0.3, 0.4) is 0 Å². The zero-order valence-corrected chi connectivity index (χ0v) is 8.96. The predicted octanol–water partition coefficient (Wildman–Crippen LogP) is 3.06. The molecule has 5 heteroatoms. The van der Waals surface area contributed by atoms with Crippen LogP contribution in [0.4, 0.5) is 10.1 Å². The van der Waals surface area contributed by atoms with Gasteiger partial charge in [-0.1, -0.05) is 15.9 Å². The molecule has 0 saturated carbocycles. The molecule has 0 amide bonds. The summed E-state index contributed by atoms with van der Waals surface area (Å²) in [5, 5.41) is 11.3. The lowest BCUT2D eigenvalue weighted by atomic mass is 10.1. The van der Waals surface area contributed by atoms with Crippen molar-refractivity contribution in [1.29, 1.82) is 0 Å². The van der Waals surface area contributed by atoms with Crippen molar-refractivity contribution in [3.63, 3.8) is 0 Å². The molecule has 0 aliphatic rings. The highest BCUT2D eigenvalue weighted by atomic mass is 79.9. The fraction of sp³-hybridized carbons (Fsp3) is 0.333. The average molecular weight is 262 g/mol. The maximum Gasteiger partial charge on any atom is 0.272 e. The molecule has 0 radical (unpaired) electrons. The number of nitro benzene ring substituents is 1. The second kappa shape index (κ2) is 5.05. The Morgan fingerprint density at radius 3 is 2.79 bits per heavy atom. The molecule has 0 fully saturated rings. The molecule has 0 atom stereocenters. The van der Waals surface area contributed by atoms with E-state index in [1.54, 1.807) is 0 Å². The van der Waals surface area contributed by atoms with Gasteiger partial charge >= 0.3 is 0 Å². The Morgan fingerprint density at radius 2 is 2.21 bits per heavy atom. The highest BCUT2D eigenvalue weighted by Crippen LogP contribution is 2.21. The van der Waals surface area contributed by atoms with Crippen LogP contribution in [0.1, 0.15) is 12.0 Å². The van der Waals surface area contributed by atoms with Gasteiger partial charge in [0.05, 0.1) is 4.92 Å². The molecule has 1 rings (SSSR count). The van der Waals surface area contributed by atoms with Gasteiger partial charge in [0.15, 0.2) is 0 Å². The van der Waals surface area contributed by atoms with Gasteiger partial charge < -0.3 is 0 Å². The summed E-state index contributed by atoms with van der Waals surface area (Å²) in [5.41, 5.74) is 0.446. The summed E-state index contributed by atoms with van der Waals surface area (Å²) in [7, 11) is 0. The third-order valence-electron chi connectivity index (χ3n) is 1.82. The highest BCUT2D eigenvalue weighted by Gasteiger charge is 2.13. The third-order valence-corrected chi connectivity index (χ3v) is 2.38. The summed E-state index contributed by atoms with van der Waals surface area (Å²) in [6.45, 7) is 0. The van der Waals surface area contributed by atoms with Crippen LogP contribution in [0.2, 0.25) is 0 Å². The topological polar surface area (TPSA) is 43.1 Å². The summed E-state index contributed by atoms with van der Waals surface area (Å²) in [6, 6.07) is 3.54. The molecule has 76 valence electrons. The molecule has 0 bridgehead atoms. The smallest absolute Gasteiger partial charge is 0.258 e. The summed E-state index contributed by atoms with van der Waals surface area (Å²) in [5.74, 6) is -0.430. The van der Waals surface area contributed by atoms with Crippen LogP contribution in [0.5, 0.6) is 0 Å². The fourth-order valence-corrected chi connectivity index (χ4v) is 1.47. The van der Waals surface area contributed by atoms with Crippen molar-refractivity contribution in [1.82, 2.24) is 0 Å². The van der Waals surface area contributed by atoms with Gasteiger partial charge in [-0.15, -0.1) is 0 Å². The standard InChI is InChI=1S/C9H9BrFNO2/c10-5-1-2-7-6-8(11)3-4-9(7)12(13)14/h3-4,6H,1-2,5H2. The minimum Gasteiger partial charge on any atom is -0.258 e. The lowest BCUT2D eigenvalue weighted by molar-refractivity contribution is -0.385. The summed E-state index contributed by atoms with van der Waals surface area (Å²) in [4.78, 5) is 10.1. The van der Waals surface area contributed by atoms with E-state index in [2.05, 4.69) is 15.9 Å². The van der Waals surface area contributed by atoms with E-state index in [1.807, 2.05) is 0 Å². The van der Waals surface area contributed by atoms with Crippen LogP contribution in [0.25, 0.3) is 0 Å². The summed E-state index contributed by atoms with van der Waals surface area (Å²) in [6.07, 6.45) is 1.27. The number of nitrogens with zero attached hydrogens (tertiary/aromatic N) is 1. The van der Waals surface area contributed by atoms with Crippen LogP contribution in [0, 0.1) is 15.9 Å². The van der Waals surface area contributed by atoms with E-state index in [1.165, 1.54) is 12.1 Å². The van der Waals surface area contributed by atoms with Crippen LogP contribution in [-0.2, 0) is 6.42 Å². The quantitative estimate of drug-likeness (QED) is 0.475. The van der Waals surface area contributed by atoms with Crippen LogP contribution >= 0.6 is 15.9 Å². The first-order valence-corrected chi connectivity index (χ1v) is 5.26. The summed E-state index contributed by atoms with van der Waals surface area (Å²) < 4.78 is 12.8. The minimum atomic E-state index is -0.483. The minimum absolute atomic E-state index is 0.00708. The Morgan fingerprint density at radius 1 is 1.50 bits per heavy atom. The average Bonchev–Trinajstić information content (AvgIpc) is 2.14. The lowest BCUT2D eigenvalue weighted by Crippen LogP contribution is -1.96. The molecule has 0 aromatic heterocycles. The lowest BCUT2D eigenvalue weighted by Gasteiger charge is -2.01. The number of aryl methyl sites for hydroxylation is 1. The van der Waals surface area contributed by atoms with Gasteiger partial charge in [-0.3, -0.25) is 10.1 Å². The molecule has 1 aromatic carbocycles. The number of alkyl halides is 1. The van der Waals surface area contributed by atoms with E-state index in [0.29, 0.717) is 12.0 Å². The monoisotopic (exact) mass is 261 g/mol. The van der Waals surface area contributed by atoms with Crippen LogP contribution in [-0.4, -0.2) is 10.3 Å². The van der Waals surface area contributed by atoms with Crippen molar-refractivity contribution in [2.45, 2.75) is 12.8 Å². The van der Waals surface area contributed by atoms with Crippen LogP contribution in [0.15, 0.2) is 18.2 Å². The predicted molar refractivity (Wildman–Crippen MR) is 55.2 cm³/mol. The molecule has 0 N–H and O–H groups in total. The first-order valence-electron chi connectivity index (χ1n) is 4.14. The molecule has 0 aliphatic heterocycles. The van der Waals surface area contributed by atoms with Crippen molar-refractivity contribution in [3.8, 4) is 0 Å². The Balaban J connectivity index is 2.97. The van der Waals surface area contributed by atoms with Gasteiger partial charge in [0.2, 0.25) is 0 Å². The molecule has 0 unspecified atom stereocenters. The SMILES string of the molecule is O=[N+]([O-])c1ccc(F)cc1CCCBr. The van der Waals surface area contributed by atoms with Crippen molar-refractivity contribution in [2.24, 2.45) is 0 Å². The second-order valence-corrected chi connectivity index (χ2v) is 3.62. The van der Waals surface area contributed by atoms with E-state index >= 15 is 0 Å². The number of rotatable bonds is 4.